The Morgan fingerprint density at radius 2 is 1.82 bits per heavy atom. The van der Waals surface area contributed by atoms with Gasteiger partial charge in [-0.1, -0.05) is 6.92 Å². The molecule has 3 atom stereocenters. The maximum atomic E-state index is 12.4. The summed E-state index contributed by atoms with van der Waals surface area (Å²) in [7, 11) is 2.12. The fraction of sp³-hybridized carbons (Fsp3) is 0.923. The number of carbonyl (C=O) groups excluding carboxylic acids is 1. The van der Waals surface area contributed by atoms with E-state index in [0.29, 0.717) is 17.9 Å². The van der Waals surface area contributed by atoms with Gasteiger partial charge in [0.25, 0.3) is 0 Å². The molecule has 3 unspecified atom stereocenters. The van der Waals surface area contributed by atoms with Crippen LogP contribution in [0.3, 0.4) is 0 Å². The lowest BCUT2D eigenvalue weighted by atomic mass is 9.77. The molecule has 0 aromatic heterocycles. The number of rotatable bonds is 1. The van der Waals surface area contributed by atoms with E-state index in [1.165, 1.54) is 0 Å². The fourth-order valence-electron chi connectivity index (χ4n) is 3.07. The van der Waals surface area contributed by atoms with Crippen molar-refractivity contribution in [1.29, 1.82) is 0 Å². The lowest BCUT2D eigenvalue weighted by Crippen LogP contribution is -2.51. The molecule has 0 bridgehead atoms. The molecule has 1 amide bonds. The minimum atomic E-state index is 0.221. The summed E-state index contributed by atoms with van der Waals surface area (Å²) in [5.41, 5.74) is 5.95. The molecule has 2 aliphatic rings. The summed E-state index contributed by atoms with van der Waals surface area (Å²) in [6.45, 7) is 5.98. The first-order valence-corrected chi connectivity index (χ1v) is 6.81. The Labute approximate surface area is 104 Å². The van der Waals surface area contributed by atoms with E-state index in [1.54, 1.807) is 0 Å². The maximum Gasteiger partial charge on any atom is 0.226 e. The molecule has 0 aromatic carbocycles. The highest BCUT2D eigenvalue weighted by molar-refractivity contribution is 5.79. The molecule has 2 fully saturated rings. The first kappa shape index (κ1) is 12.8. The van der Waals surface area contributed by atoms with Gasteiger partial charge in [0.2, 0.25) is 5.91 Å². The van der Waals surface area contributed by atoms with Crippen LogP contribution in [0, 0.1) is 11.8 Å². The number of hydrogen-bond donors (Lipinski definition) is 1. The summed E-state index contributed by atoms with van der Waals surface area (Å²) >= 11 is 0. The van der Waals surface area contributed by atoms with Crippen molar-refractivity contribution in [3.05, 3.63) is 0 Å². The smallest absolute Gasteiger partial charge is 0.226 e. The zero-order valence-corrected chi connectivity index (χ0v) is 11.1. The van der Waals surface area contributed by atoms with Gasteiger partial charge in [-0.3, -0.25) is 4.79 Å². The quantitative estimate of drug-likeness (QED) is 0.726. The van der Waals surface area contributed by atoms with Crippen LogP contribution in [0.1, 0.15) is 26.2 Å². The molecule has 0 aromatic rings. The Morgan fingerprint density at radius 3 is 2.41 bits per heavy atom. The summed E-state index contributed by atoms with van der Waals surface area (Å²) in [6, 6.07) is 0.307. The molecule has 17 heavy (non-hydrogen) atoms. The summed E-state index contributed by atoms with van der Waals surface area (Å²) in [4.78, 5) is 16.8. The lowest BCUT2D eigenvalue weighted by Gasteiger charge is -2.38. The standard InChI is InChI=1S/C13H25N3O/c1-10-9-11(14)3-4-12(10)13(17)16-7-5-15(2)6-8-16/h10-12H,3-9,14H2,1-2H3. The van der Waals surface area contributed by atoms with Gasteiger partial charge in [-0.05, 0) is 32.2 Å². The molecule has 1 saturated heterocycles. The van der Waals surface area contributed by atoms with Crippen LogP contribution in [0.25, 0.3) is 0 Å². The number of piperazine rings is 1. The number of nitrogens with two attached hydrogens (primary N) is 1. The van der Waals surface area contributed by atoms with Gasteiger partial charge in [0.15, 0.2) is 0 Å². The maximum absolute atomic E-state index is 12.4. The Morgan fingerprint density at radius 1 is 1.18 bits per heavy atom. The Kier molecular flexibility index (Phi) is 4.05. The van der Waals surface area contributed by atoms with E-state index in [0.717, 1.165) is 45.4 Å². The Bertz CT molecular complexity index is 274. The molecule has 1 heterocycles. The van der Waals surface area contributed by atoms with Crippen molar-refractivity contribution in [2.24, 2.45) is 17.6 Å². The van der Waals surface area contributed by atoms with Crippen molar-refractivity contribution < 1.29 is 4.79 Å². The van der Waals surface area contributed by atoms with Crippen LogP contribution in [-0.4, -0.2) is 55.0 Å². The van der Waals surface area contributed by atoms with Gasteiger partial charge in [0.1, 0.15) is 0 Å². The molecule has 4 heteroatoms. The zero-order chi connectivity index (χ0) is 12.4. The average Bonchev–Trinajstić information content (AvgIpc) is 2.29. The first-order valence-electron chi connectivity index (χ1n) is 6.81. The normalized spacial score (nSPS) is 35.9. The second-order valence-electron chi connectivity index (χ2n) is 5.79. The minimum Gasteiger partial charge on any atom is -0.340 e. The second kappa shape index (κ2) is 5.36. The third kappa shape index (κ3) is 2.99. The van der Waals surface area contributed by atoms with Crippen LogP contribution in [0.5, 0.6) is 0 Å². The van der Waals surface area contributed by atoms with E-state index in [1.807, 2.05) is 0 Å². The first-order chi connectivity index (χ1) is 8.08. The predicted octanol–water partition coefficient (Wildman–Crippen LogP) is 0.524. The average molecular weight is 239 g/mol. The van der Waals surface area contributed by atoms with Gasteiger partial charge < -0.3 is 15.5 Å². The van der Waals surface area contributed by atoms with Crippen molar-refractivity contribution in [3.63, 3.8) is 0 Å². The topological polar surface area (TPSA) is 49.6 Å². The van der Waals surface area contributed by atoms with Crippen LogP contribution in [0.15, 0.2) is 0 Å². The molecule has 1 aliphatic carbocycles. The van der Waals surface area contributed by atoms with Crippen molar-refractivity contribution in [1.82, 2.24) is 9.80 Å². The molecule has 0 spiro atoms. The molecule has 0 radical (unpaired) electrons. The molecule has 1 saturated carbocycles. The molecule has 98 valence electrons. The summed E-state index contributed by atoms with van der Waals surface area (Å²) in [5.74, 6) is 1.04. The Hall–Kier alpha value is -0.610. The van der Waals surface area contributed by atoms with Crippen molar-refractivity contribution in [2.45, 2.75) is 32.2 Å². The van der Waals surface area contributed by atoms with Gasteiger partial charge in [0.05, 0.1) is 0 Å². The second-order valence-corrected chi connectivity index (χ2v) is 5.79. The van der Waals surface area contributed by atoms with Crippen LogP contribution in [0.4, 0.5) is 0 Å². The van der Waals surface area contributed by atoms with Crippen molar-refractivity contribution in [2.75, 3.05) is 33.2 Å². The van der Waals surface area contributed by atoms with Crippen LogP contribution < -0.4 is 5.73 Å². The number of hydrogen-bond acceptors (Lipinski definition) is 3. The molecule has 2 rings (SSSR count). The van der Waals surface area contributed by atoms with Gasteiger partial charge in [-0.15, -0.1) is 0 Å². The van der Waals surface area contributed by atoms with E-state index in [2.05, 4.69) is 23.8 Å². The van der Waals surface area contributed by atoms with Crippen molar-refractivity contribution in [3.8, 4) is 0 Å². The fourth-order valence-corrected chi connectivity index (χ4v) is 3.07. The van der Waals surface area contributed by atoms with Gasteiger partial charge in [-0.25, -0.2) is 0 Å². The van der Waals surface area contributed by atoms with Gasteiger partial charge in [-0.2, -0.15) is 0 Å². The highest BCUT2D eigenvalue weighted by Gasteiger charge is 2.34. The lowest BCUT2D eigenvalue weighted by molar-refractivity contribution is -0.140. The van der Waals surface area contributed by atoms with E-state index in [4.69, 9.17) is 5.73 Å². The molecular weight excluding hydrogens is 214 g/mol. The van der Waals surface area contributed by atoms with Gasteiger partial charge in [0, 0.05) is 38.1 Å². The van der Waals surface area contributed by atoms with Crippen LogP contribution in [0.2, 0.25) is 0 Å². The minimum absolute atomic E-state index is 0.221. The molecule has 4 nitrogen and oxygen atoms in total. The SMILES string of the molecule is CC1CC(N)CCC1C(=O)N1CCN(C)CC1. The van der Waals surface area contributed by atoms with E-state index in [9.17, 15) is 4.79 Å². The molecule has 1 aliphatic heterocycles. The third-order valence-corrected chi connectivity index (χ3v) is 4.34. The number of likely N-dealkylation sites (N-methyl/N-ethyl adjacent to an activating group) is 1. The molecular formula is C13H25N3O. The summed E-state index contributed by atoms with van der Waals surface area (Å²) in [6.07, 6.45) is 2.99. The molecule has 2 N–H and O–H groups in total. The number of nitrogens with zero attached hydrogens (tertiary/aromatic N) is 2. The largest absolute Gasteiger partial charge is 0.340 e. The highest BCUT2D eigenvalue weighted by Crippen LogP contribution is 2.30. The summed E-state index contributed by atoms with van der Waals surface area (Å²) < 4.78 is 0. The monoisotopic (exact) mass is 239 g/mol. The number of carbonyl (C=O) groups is 1. The van der Waals surface area contributed by atoms with E-state index in [-0.39, 0.29) is 5.92 Å². The van der Waals surface area contributed by atoms with Crippen LogP contribution in [-0.2, 0) is 4.79 Å². The Balaban J connectivity index is 1.91. The highest BCUT2D eigenvalue weighted by atomic mass is 16.2. The van der Waals surface area contributed by atoms with E-state index >= 15 is 0 Å². The van der Waals surface area contributed by atoms with E-state index < -0.39 is 0 Å². The third-order valence-electron chi connectivity index (χ3n) is 4.34. The zero-order valence-electron chi connectivity index (χ0n) is 11.1. The van der Waals surface area contributed by atoms with Crippen molar-refractivity contribution >= 4 is 5.91 Å². The summed E-state index contributed by atoms with van der Waals surface area (Å²) in [5, 5.41) is 0. The predicted molar refractivity (Wildman–Crippen MR) is 68.6 cm³/mol. The van der Waals surface area contributed by atoms with Gasteiger partial charge >= 0.3 is 0 Å². The van der Waals surface area contributed by atoms with Crippen LogP contribution >= 0.6 is 0 Å². The number of amides is 1.